The van der Waals surface area contributed by atoms with Crippen molar-refractivity contribution in [2.45, 2.75) is 30.6 Å². The number of halogens is 1. The zero-order valence-corrected chi connectivity index (χ0v) is 11.9. The summed E-state index contributed by atoms with van der Waals surface area (Å²) in [6, 6.07) is 3.76. The molecule has 1 aliphatic carbocycles. The number of hydrogen-bond donors (Lipinski definition) is 3. The molecule has 5 nitrogen and oxygen atoms in total. The van der Waals surface area contributed by atoms with Crippen molar-refractivity contribution in [1.29, 1.82) is 0 Å². The van der Waals surface area contributed by atoms with E-state index in [0.717, 1.165) is 31.7 Å². The van der Waals surface area contributed by atoms with Crippen molar-refractivity contribution in [1.82, 2.24) is 4.72 Å². The maximum atomic E-state index is 13.7. The molecule has 0 saturated heterocycles. The van der Waals surface area contributed by atoms with Crippen LogP contribution in [0, 0.1) is 11.2 Å². The summed E-state index contributed by atoms with van der Waals surface area (Å²) in [5, 5.41) is 9.46. The number of nitrogens with two attached hydrogens (primary N) is 1. The highest BCUT2D eigenvalue weighted by Gasteiger charge is 2.35. The Labute approximate surface area is 118 Å². The summed E-state index contributed by atoms with van der Waals surface area (Å²) >= 11 is 0. The van der Waals surface area contributed by atoms with Crippen molar-refractivity contribution >= 4 is 15.7 Å². The third-order valence-electron chi connectivity index (χ3n) is 3.90. The minimum Gasteiger partial charge on any atom is -0.398 e. The summed E-state index contributed by atoms with van der Waals surface area (Å²) < 4.78 is 40.4. The number of sulfonamides is 1. The number of rotatable bonds is 5. The van der Waals surface area contributed by atoms with E-state index in [1.807, 2.05) is 0 Å². The maximum absolute atomic E-state index is 13.7. The SMILES string of the molecule is Nc1cccc(F)c1S(=O)(=O)NCC1(CO)CCCC1. The lowest BCUT2D eigenvalue weighted by atomic mass is 9.88. The van der Waals surface area contributed by atoms with Gasteiger partial charge in [0.25, 0.3) is 0 Å². The van der Waals surface area contributed by atoms with E-state index in [0.29, 0.717) is 0 Å². The molecule has 1 fully saturated rings. The minimum atomic E-state index is -4.02. The normalized spacial score (nSPS) is 18.3. The molecule has 1 aromatic carbocycles. The standard InChI is InChI=1S/C13H19FN2O3S/c14-10-4-3-5-11(15)12(10)20(18,19)16-8-13(9-17)6-1-2-7-13/h3-5,16-17H,1-2,6-9,15H2. The van der Waals surface area contributed by atoms with Gasteiger partial charge in [-0.3, -0.25) is 0 Å². The third kappa shape index (κ3) is 2.94. The highest BCUT2D eigenvalue weighted by molar-refractivity contribution is 7.89. The Hall–Kier alpha value is -1.18. The average Bonchev–Trinajstić information content (AvgIpc) is 2.85. The Morgan fingerprint density at radius 1 is 1.35 bits per heavy atom. The van der Waals surface area contributed by atoms with Gasteiger partial charge in [-0.15, -0.1) is 0 Å². The molecule has 0 spiro atoms. The first-order valence-electron chi connectivity index (χ1n) is 6.55. The molecule has 20 heavy (non-hydrogen) atoms. The van der Waals surface area contributed by atoms with E-state index in [-0.39, 0.29) is 18.8 Å². The molecule has 2 rings (SSSR count). The quantitative estimate of drug-likeness (QED) is 0.714. The molecule has 1 saturated carbocycles. The predicted molar refractivity (Wildman–Crippen MR) is 74.0 cm³/mol. The Balaban J connectivity index is 2.20. The molecule has 0 aromatic heterocycles. The number of anilines is 1. The fourth-order valence-corrected chi connectivity index (χ4v) is 3.99. The predicted octanol–water partition coefficient (Wildman–Crippen LogP) is 1.24. The van der Waals surface area contributed by atoms with Crippen LogP contribution in [0.2, 0.25) is 0 Å². The van der Waals surface area contributed by atoms with E-state index in [2.05, 4.69) is 4.72 Å². The second-order valence-electron chi connectivity index (χ2n) is 5.35. The second-order valence-corrected chi connectivity index (χ2v) is 7.05. The molecule has 0 aliphatic heterocycles. The van der Waals surface area contributed by atoms with Crippen LogP contribution in [0.4, 0.5) is 10.1 Å². The maximum Gasteiger partial charge on any atom is 0.245 e. The first kappa shape index (κ1) is 15.2. The summed E-state index contributed by atoms with van der Waals surface area (Å²) in [4.78, 5) is -0.522. The summed E-state index contributed by atoms with van der Waals surface area (Å²) in [6.45, 7) is 0.0158. The van der Waals surface area contributed by atoms with Crippen molar-refractivity contribution in [2.75, 3.05) is 18.9 Å². The van der Waals surface area contributed by atoms with Crippen molar-refractivity contribution in [3.63, 3.8) is 0 Å². The molecule has 0 unspecified atom stereocenters. The van der Waals surface area contributed by atoms with Crippen molar-refractivity contribution in [3.8, 4) is 0 Å². The molecule has 0 amide bonds. The van der Waals surface area contributed by atoms with Crippen LogP contribution >= 0.6 is 0 Å². The van der Waals surface area contributed by atoms with Gasteiger partial charge in [0.05, 0.1) is 5.69 Å². The second kappa shape index (κ2) is 5.67. The lowest BCUT2D eigenvalue weighted by molar-refractivity contribution is 0.134. The Morgan fingerprint density at radius 3 is 2.55 bits per heavy atom. The third-order valence-corrected chi connectivity index (χ3v) is 5.40. The smallest absolute Gasteiger partial charge is 0.245 e. The lowest BCUT2D eigenvalue weighted by Gasteiger charge is -2.26. The zero-order valence-electron chi connectivity index (χ0n) is 11.1. The van der Waals surface area contributed by atoms with Crippen LogP contribution < -0.4 is 10.5 Å². The molecule has 7 heteroatoms. The van der Waals surface area contributed by atoms with Crippen molar-refractivity contribution in [2.24, 2.45) is 5.41 Å². The van der Waals surface area contributed by atoms with Gasteiger partial charge in [-0.1, -0.05) is 18.9 Å². The molecular formula is C13H19FN2O3S. The lowest BCUT2D eigenvalue weighted by Crippen LogP contribution is -2.38. The first-order chi connectivity index (χ1) is 9.40. The van der Waals surface area contributed by atoms with Gasteiger partial charge < -0.3 is 10.8 Å². The monoisotopic (exact) mass is 302 g/mol. The fourth-order valence-electron chi connectivity index (χ4n) is 2.65. The van der Waals surface area contributed by atoms with E-state index in [1.165, 1.54) is 12.1 Å². The van der Waals surface area contributed by atoms with Gasteiger partial charge in [0.1, 0.15) is 10.7 Å². The summed E-state index contributed by atoms with van der Waals surface area (Å²) in [6.07, 6.45) is 3.45. The van der Waals surface area contributed by atoms with Crippen LogP contribution in [0.25, 0.3) is 0 Å². The molecular weight excluding hydrogens is 283 g/mol. The van der Waals surface area contributed by atoms with Crippen LogP contribution in [0.5, 0.6) is 0 Å². The fraction of sp³-hybridized carbons (Fsp3) is 0.538. The topological polar surface area (TPSA) is 92.4 Å². The van der Waals surface area contributed by atoms with Crippen LogP contribution in [-0.4, -0.2) is 26.7 Å². The molecule has 0 bridgehead atoms. The van der Waals surface area contributed by atoms with Gasteiger partial charge in [-0.2, -0.15) is 0 Å². The van der Waals surface area contributed by atoms with Crippen molar-refractivity contribution < 1.29 is 17.9 Å². The number of nitrogen functional groups attached to an aromatic ring is 1. The molecule has 4 N–H and O–H groups in total. The van der Waals surface area contributed by atoms with Gasteiger partial charge in [0.15, 0.2) is 0 Å². The van der Waals surface area contributed by atoms with Gasteiger partial charge in [0.2, 0.25) is 10.0 Å². The van der Waals surface area contributed by atoms with Crippen LogP contribution in [0.3, 0.4) is 0 Å². The Morgan fingerprint density at radius 2 is 2.00 bits per heavy atom. The number of hydrogen-bond acceptors (Lipinski definition) is 4. The number of benzene rings is 1. The van der Waals surface area contributed by atoms with E-state index in [4.69, 9.17) is 5.73 Å². The molecule has 0 heterocycles. The van der Waals surface area contributed by atoms with Crippen LogP contribution in [0.15, 0.2) is 23.1 Å². The Kier molecular flexibility index (Phi) is 4.31. The van der Waals surface area contributed by atoms with E-state index in [9.17, 15) is 17.9 Å². The average molecular weight is 302 g/mol. The van der Waals surface area contributed by atoms with Gasteiger partial charge in [0, 0.05) is 18.6 Å². The van der Waals surface area contributed by atoms with Gasteiger partial charge in [-0.05, 0) is 25.0 Å². The summed E-state index contributed by atoms with van der Waals surface area (Å²) in [7, 11) is -4.02. The van der Waals surface area contributed by atoms with E-state index < -0.39 is 26.2 Å². The molecule has 112 valence electrons. The molecule has 0 atom stereocenters. The van der Waals surface area contributed by atoms with Gasteiger partial charge in [-0.25, -0.2) is 17.5 Å². The van der Waals surface area contributed by atoms with Gasteiger partial charge >= 0.3 is 0 Å². The van der Waals surface area contributed by atoms with Crippen molar-refractivity contribution in [3.05, 3.63) is 24.0 Å². The summed E-state index contributed by atoms with van der Waals surface area (Å²) in [5.41, 5.74) is 4.99. The van der Waals surface area contributed by atoms with Crippen LogP contribution in [-0.2, 0) is 10.0 Å². The van der Waals surface area contributed by atoms with E-state index in [1.54, 1.807) is 0 Å². The number of aliphatic hydroxyl groups is 1. The Bertz CT molecular complexity index is 563. The molecule has 1 aliphatic rings. The highest BCUT2D eigenvalue weighted by atomic mass is 32.2. The number of aliphatic hydroxyl groups excluding tert-OH is 1. The number of nitrogens with one attached hydrogen (secondary N) is 1. The first-order valence-corrected chi connectivity index (χ1v) is 8.03. The molecule has 1 aromatic rings. The highest BCUT2D eigenvalue weighted by Crippen LogP contribution is 2.37. The largest absolute Gasteiger partial charge is 0.398 e. The van der Waals surface area contributed by atoms with E-state index >= 15 is 0 Å². The minimum absolute atomic E-state index is 0.0811. The zero-order chi connectivity index (χ0) is 14.8. The molecule has 0 radical (unpaired) electrons. The van der Waals surface area contributed by atoms with Crippen LogP contribution in [0.1, 0.15) is 25.7 Å². The summed E-state index contributed by atoms with van der Waals surface area (Å²) in [5.74, 6) is -0.873.